The van der Waals surface area contributed by atoms with Crippen molar-refractivity contribution in [2.24, 2.45) is 0 Å². The van der Waals surface area contributed by atoms with E-state index in [-0.39, 0.29) is 23.5 Å². The average molecular weight is 418 g/mol. The number of hydrogen-bond donors (Lipinski definition) is 1. The Balaban J connectivity index is 1.86. The number of aryl methyl sites for hydroxylation is 1. The molecule has 1 saturated heterocycles. The number of carbonyl (C=O) groups is 2. The molecule has 1 amide bonds. The molecule has 154 valence electrons. The Morgan fingerprint density at radius 3 is 2.52 bits per heavy atom. The maximum Gasteiger partial charge on any atom is 0.337 e. The van der Waals surface area contributed by atoms with Gasteiger partial charge in [-0.1, -0.05) is 12.1 Å². The summed E-state index contributed by atoms with van der Waals surface area (Å²) in [6.45, 7) is 2.96. The molecule has 29 heavy (non-hydrogen) atoms. The maximum atomic E-state index is 12.9. The van der Waals surface area contributed by atoms with E-state index >= 15 is 0 Å². The van der Waals surface area contributed by atoms with Crippen molar-refractivity contribution in [3.05, 3.63) is 59.2 Å². The van der Waals surface area contributed by atoms with Gasteiger partial charge in [0.25, 0.3) is 5.91 Å². The molecular formula is C20H22N2O6S. The fourth-order valence-electron chi connectivity index (χ4n) is 2.98. The lowest BCUT2D eigenvalue weighted by Gasteiger charge is -2.26. The Morgan fingerprint density at radius 1 is 1.10 bits per heavy atom. The van der Waals surface area contributed by atoms with Crippen LogP contribution in [0, 0.1) is 6.92 Å². The van der Waals surface area contributed by atoms with Crippen LogP contribution in [0.4, 0.5) is 5.69 Å². The van der Waals surface area contributed by atoms with Gasteiger partial charge in [0.15, 0.2) is 0 Å². The van der Waals surface area contributed by atoms with Gasteiger partial charge in [0.2, 0.25) is 10.0 Å². The molecule has 0 bridgehead atoms. The zero-order valence-electron chi connectivity index (χ0n) is 16.2. The lowest BCUT2D eigenvalue weighted by molar-refractivity contribution is 0.0600. The summed E-state index contributed by atoms with van der Waals surface area (Å²) in [4.78, 5) is 24.5. The van der Waals surface area contributed by atoms with Gasteiger partial charge in [-0.25, -0.2) is 13.2 Å². The first-order chi connectivity index (χ1) is 13.8. The zero-order chi connectivity index (χ0) is 21.0. The van der Waals surface area contributed by atoms with Crippen molar-refractivity contribution in [1.82, 2.24) is 4.31 Å². The molecule has 0 radical (unpaired) electrons. The van der Waals surface area contributed by atoms with Gasteiger partial charge in [-0.15, -0.1) is 0 Å². The minimum atomic E-state index is -3.72. The smallest absolute Gasteiger partial charge is 0.337 e. The van der Waals surface area contributed by atoms with Crippen LogP contribution in [-0.2, 0) is 19.5 Å². The quantitative estimate of drug-likeness (QED) is 0.746. The van der Waals surface area contributed by atoms with E-state index in [0.717, 1.165) is 0 Å². The second-order valence-electron chi connectivity index (χ2n) is 6.52. The lowest BCUT2D eigenvalue weighted by atomic mass is 10.1. The minimum absolute atomic E-state index is 0.0541. The van der Waals surface area contributed by atoms with Crippen LogP contribution in [0.1, 0.15) is 26.3 Å². The van der Waals surface area contributed by atoms with E-state index in [1.165, 1.54) is 29.6 Å². The number of sulfonamides is 1. The highest BCUT2D eigenvalue weighted by molar-refractivity contribution is 7.89. The van der Waals surface area contributed by atoms with Crippen molar-refractivity contribution < 1.29 is 27.5 Å². The predicted octanol–water partition coefficient (Wildman–Crippen LogP) is 2.05. The predicted molar refractivity (Wildman–Crippen MR) is 106 cm³/mol. The number of anilines is 1. The molecule has 0 aliphatic carbocycles. The number of morpholine rings is 1. The van der Waals surface area contributed by atoms with Crippen molar-refractivity contribution in [2.45, 2.75) is 11.8 Å². The molecule has 8 nitrogen and oxygen atoms in total. The summed E-state index contributed by atoms with van der Waals surface area (Å²) in [5, 5.41) is 2.70. The van der Waals surface area contributed by atoms with Crippen LogP contribution in [-0.4, -0.2) is 58.0 Å². The van der Waals surface area contributed by atoms with Crippen LogP contribution < -0.4 is 5.32 Å². The standard InChI is InChI=1S/C20H22N2O6S/c1-14-6-7-17(29(25,26)22-8-10-28-11-9-22)13-18(14)19(23)21-16-5-3-4-15(12-16)20(24)27-2/h3-7,12-13H,8-11H2,1-2H3,(H,21,23). The number of hydrogen-bond acceptors (Lipinski definition) is 6. The van der Waals surface area contributed by atoms with Crippen molar-refractivity contribution in [3.8, 4) is 0 Å². The van der Waals surface area contributed by atoms with Crippen LogP contribution in [0.2, 0.25) is 0 Å². The number of rotatable bonds is 5. The number of nitrogens with one attached hydrogen (secondary N) is 1. The van der Waals surface area contributed by atoms with Crippen molar-refractivity contribution in [2.75, 3.05) is 38.7 Å². The number of benzene rings is 2. The normalized spacial score (nSPS) is 15.0. The number of amides is 1. The van der Waals surface area contributed by atoms with Crippen LogP contribution in [0.5, 0.6) is 0 Å². The molecule has 3 rings (SSSR count). The summed E-state index contributed by atoms with van der Waals surface area (Å²) >= 11 is 0. The van der Waals surface area contributed by atoms with E-state index in [1.807, 2.05) is 0 Å². The van der Waals surface area contributed by atoms with E-state index in [0.29, 0.717) is 30.0 Å². The second-order valence-corrected chi connectivity index (χ2v) is 8.46. The molecule has 0 aromatic heterocycles. The third-order valence-electron chi connectivity index (χ3n) is 4.60. The average Bonchev–Trinajstić information content (AvgIpc) is 2.74. The van der Waals surface area contributed by atoms with Crippen LogP contribution in [0.25, 0.3) is 0 Å². The maximum absolute atomic E-state index is 12.9. The van der Waals surface area contributed by atoms with E-state index in [2.05, 4.69) is 10.1 Å². The van der Waals surface area contributed by atoms with E-state index in [1.54, 1.807) is 31.2 Å². The molecule has 0 unspecified atom stereocenters. The molecule has 1 heterocycles. The summed E-state index contributed by atoms with van der Waals surface area (Å²) in [5.41, 5.74) is 1.57. The van der Waals surface area contributed by atoms with Crippen molar-refractivity contribution in [3.63, 3.8) is 0 Å². The summed E-state index contributed by atoms with van der Waals surface area (Å²) in [6, 6.07) is 10.8. The summed E-state index contributed by atoms with van der Waals surface area (Å²) in [5.74, 6) is -0.987. The van der Waals surface area contributed by atoms with Gasteiger partial charge in [-0.2, -0.15) is 4.31 Å². The van der Waals surface area contributed by atoms with Gasteiger partial charge in [0.05, 0.1) is 30.8 Å². The molecule has 1 N–H and O–H groups in total. The molecule has 1 aliphatic heterocycles. The fraction of sp³-hybridized carbons (Fsp3) is 0.300. The zero-order valence-corrected chi connectivity index (χ0v) is 17.0. The highest BCUT2D eigenvalue weighted by Crippen LogP contribution is 2.22. The monoisotopic (exact) mass is 418 g/mol. The molecule has 9 heteroatoms. The van der Waals surface area contributed by atoms with Gasteiger partial charge < -0.3 is 14.8 Å². The lowest BCUT2D eigenvalue weighted by Crippen LogP contribution is -2.40. The molecule has 2 aromatic rings. The van der Waals surface area contributed by atoms with Gasteiger partial charge in [-0.05, 0) is 42.8 Å². The molecule has 0 saturated carbocycles. The van der Waals surface area contributed by atoms with Crippen LogP contribution in [0.15, 0.2) is 47.4 Å². The molecule has 0 atom stereocenters. The molecule has 1 fully saturated rings. The molecule has 1 aliphatic rings. The first-order valence-corrected chi connectivity index (χ1v) is 10.4. The number of ether oxygens (including phenoxy) is 2. The number of nitrogens with zero attached hydrogens (tertiary/aromatic N) is 1. The van der Waals surface area contributed by atoms with Crippen LogP contribution >= 0.6 is 0 Å². The Morgan fingerprint density at radius 2 is 1.83 bits per heavy atom. The Bertz CT molecular complexity index is 1030. The first-order valence-electron chi connectivity index (χ1n) is 9.01. The second kappa shape index (κ2) is 8.73. The van der Waals surface area contributed by atoms with Gasteiger partial charge in [0, 0.05) is 24.3 Å². The van der Waals surface area contributed by atoms with E-state index < -0.39 is 21.9 Å². The van der Waals surface area contributed by atoms with Crippen molar-refractivity contribution >= 4 is 27.6 Å². The summed E-state index contributed by atoms with van der Waals surface area (Å²) in [7, 11) is -2.44. The van der Waals surface area contributed by atoms with Gasteiger partial charge in [-0.3, -0.25) is 4.79 Å². The third-order valence-corrected chi connectivity index (χ3v) is 6.50. The third kappa shape index (κ3) is 4.64. The number of methoxy groups -OCH3 is 1. The largest absolute Gasteiger partial charge is 0.465 e. The van der Waals surface area contributed by atoms with E-state index in [4.69, 9.17) is 4.74 Å². The Hall–Kier alpha value is -2.75. The highest BCUT2D eigenvalue weighted by Gasteiger charge is 2.27. The molecular weight excluding hydrogens is 396 g/mol. The topological polar surface area (TPSA) is 102 Å². The minimum Gasteiger partial charge on any atom is -0.465 e. The summed E-state index contributed by atoms with van der Waals surface area (Å²) < 4.78 is 37.0. The van der Waals surface area contributed by atoms with Crippen LogP contribution in [0.3, 0.4) is 0 Å². The SMILES string of the molecule is COC(=O)c1cccc(NC(=O)c2cc(S(=O)(=O)N3CCOCC3)ccc2C)c1. The molecule has 2 aromatic carbocycles. The van der Waals surface area contributed by atoms with Crippen molar-refractivity contribution in [1.29, 1.82) is 0 Å². The summed E-state index contributed by atoms with van der Waals surface area (Å²) in [6.07, 6.45) is 0. The Labute approximate surface area is 169 Å². The molecule has 0 spiro atoms. The number of esters is 1. The fourth-order valence-corrected chi connectivity index (χ4v) is 4.42. The first kappa shape index (κ1) is 21.0. The van der Waals surface area contributed by atoms with Gasteiger partial charge >= 0.3 is 5.97 Å². The van der Waals surface area contributed by atoms with Gasteiger partial charge in [0.1, 0.15) is 0 Å². The van der Waals surface area contributed by atoms with E-state index in [9.17, 15) is 18.0 Å². The highest BCUT2D eigenvalue weighted by atomic mass is 32.2. The number of carbonyl (C=O) groups excluding carboxylic acids is 2. The Kier molecular flexibility index (Phi) is 6.31.